The Morgan fingerprint density at radius 2 is 2.33 bits per heavy atom. The third kappa shape index (κ3) is 3.13. The third-order valence-corrected chi connectivity index (χ3v) is 3.73. The molecule has 1 fully saturated rings. The Balaban J connectivity index is 1.65. The van der Waals surface area contributed by atoms with Crippen LogP contribution in [0.1, 0.15) is 35.1 Å². The third-order valence-electron chi connectivity index (χ3n) is 3.73. The van der Waals surface area contributed by atoms with Gasteiger partial charge in [0.15, 0.2) is 5.69 Å². The van der Waals surface area contributed by atoms with Crippen LogP contribution in [0.2, 0.25) is 0 Å². The fourth-order valence-corrected chi connectivity index (χ4v) is 2.53. The normalized spacial score (nSPS) is 16.0. The molecule has 7 heteroatoms. The van der Waals surface area contributed by atoms with Gasteiger partial charge in [-0.1, -0.05) is 5.21 Å². The average Bonchev–Trinajstić information content (AvgIpc) is 3.18. The summed E-state index contributed by atoms with van der Waals surface area (Å²) < 4.78 is 7.06. The minimum Gasteiger partial charge on any atom is -0.467 e. The first-order valence-corrected chi connectivity index (χ1v) is 7.14. The Hall–Kier alpha value is -2.15. The van der Waals surface area contributed by atoms with Crippen LogP contribution in [-0.4, -0.2) is 45.9 Å². The smallest absolute Gasteiger partial charge is 0.276 e. The minimum atomic E-state index is -0.147. The molecule has 2 aromatic rings. The molecule has 0 aromatic carbocycles. The van der Waals surface area contributed by atoms with Crippen LogP contribution in [0.5, 0.6) is 0 Å². The van der Waals surface area contributed by atoms with Crippen molar-refractivity contribution in [3.05, 3.63) is 36.0 Å². The van der Waals surface area contributed by atoms with Gasteiger partial charge in [0.05, 0.1) is 25.0 Å². The van der Waals surface area contributed by atoms with E-state index >= 15 is 0 Å². The Morgan fingerprint density at radius 3 is 3.05 bits per heavy atom. The van der Waals surface area contributed by atoms with Crippen LogP contribution >= 0.6 is 0 Å². The maximum absolute atomic E-state index is 12.3. The van der Waals surface area contributed by atoms with E-state index in [4.69, 9.17) is 4.42 Å². The molecule has 1 saturated heterocycles. The van der Waals surface area contributed by atoms with E-state index in [0.717, 1.165) is 31.7 Å². The lowest BCUT2D eigenvalue weighted by Gasteiger charge is -2.22. The van der Waals surface area contributed by atoms with E-state index in [1.54, 1.807) is 30.5 Å². The van der Waals surface area contributed by atoms with Gasteiger partial charge in [-0.25, -0.2) is 4.68 Å². The molecule has 2 aromatic heterocycles. The monoisotopic (exact) mass is 289 g/mol. The summed E-state index contributed by atoms with van der Waals surface area (Å²) in [5.41, 5.74) is 0.377. The van der Waals surface area contributed by atoms with Gasteiger partial charge in [0.2, 0.25) is 0 Å². The van der Waals surface area contributed by atoms with Crippen molar-refractivity contribution < 1.29 is 9.21 Å². The van der Waals surface area contributed by atoms with Crippen molar-refractivity contribution in [3.8, 4) is 0 Å². The fourth-order valence-electron chi connectivity index (χ4n) is 2.53. The number of nitrogens with zero attached hydrogens (tertiary/aromatic N) is 4. The van der Waals surface area contributed by atoms with E-state index in [9.17, 15) is 4.79 Å². The van der Waals surface area contributed by atoms with E-state index in [2.05, 4.69) is 15.6 Å². The first-order valence-electron chi connectivity index (χ1n) is 7.14. The van der Waals surface area contributed by atoms with Gasteiger partial charge >= 0.3 is 0 Å². The largest absolute Gasteiger partial charge is 0.467 e. The highest BCUT2D eigenvalue weighted by Gasteiger charge is 2.21. The zero-order chi connectivity index (χ0) is 14.7. The van der Waals surface area contributed by atoms with Gasteiger partial charge in [-0.2, -0.15) is 0 Å². The maximum Gasteiger partial charge on any atom is 0.276 e. The lowest BCUT2D eigenvalue weighted by molar-refractivity contribution is 0.0769. The summed E-state index contributed by atoms with van der Waals surface area (Å²) in [5.74, 6) is 0.600. The maximum atomic E-state index is 12.3. The summed E-state index contributed by atoms with van der Waals surface area (Å²) >= 11 is 0. The number of hydrogen-bond acceptors (Lipinski definition) is 5. The van der Waals surface area contributed by atoms with Gasteiger partial charge in [0, 0.05) is 7.05 Å². The zero-order valence-corrected chi connectivity index (χ0v) is 12.0. The van der Waals surface area contributed by atoms with E-state index < -0.39 is 0 Å². The van der Waals surface area contributed by atoms with Crippen LogP contribution in [0, 0.1) is 0 Å². The molecule has 0 saturated carbocycles. The van der Waals surface area contributed by atoms with Crippen molar-refractivity contribution in [1.29, 1.82) is 0 Å². The van der Waals surface area contributed by atoms with Crippen LogP contribution in [0.15, 0.2) is 29.0 Å². The summed E-state index contributed by atoms with van der Waals surface area (Å²) in [7, 11) is 1.73. The molecular weight excluding hydrogens is 270 g/mol. The Morgan fingerprint density at radius 1 is 1.52 bits per heavy atom. The number of hydrogen-bond donors (Lipinski definition) is 1. The zero-order valence-electron chi connectivity index (χ0n) is 12.0. The second kappa shape index (κ2) is 6.09. The highest BCUT2D eigenvalue weighted by molar-refractivity contribution is 5.91. The Bertz CT molecular complexity index is 586. The van der Waals surface area contributed by atoms with Crippen LogP contribution in [0.3, 0.4) is 0 Å². The number of carbonyl (C=O) groups is 1. The van der Waals surface area contributed by atoms with Gasteiger partial charge in [-0.3, -0.25) is 4.79 Å². The highest BCUT2D eigenvalue weighted by atomic mass is 16.3. The number of aromatic nitrogens is 3. The van der Waals surface area contributed by atoms with Crippen molar-refractivity contribution in [2.45, 2.75) is 25.4 Å². The number of carbonyl (C=O) groups excluding carboxylic acids is 1. The van der Waals surface area contributed by atoms with Gasteiger partial charge < -0.3 is 14.6 Å². The molecule has 0 radical (unpaired) electrons. The molecule has 0 atom stereocenters. The summed E-state index contributed by atoms with van der Waals surface area (Å²) in [4.78, 5) is 13.9. The van der Waals surface area contributed by atoms with Gasteiger partial charge in [-0.05, 0) is 38.1 Å². The van der Waals surface area contributed by atoms with Crippen LogP contribution in [0.25, 0.3) is 0 Å². The number of amides is 1. The van der Waals surface area contributed by atoms with E-state index in [1.807, 2.05) is 10.7 Å². The molecule has 1 aliphatic heterocycles. The van der Waals surface area contributed by atoms with Gasteiger partial charge in [0.1, 0.15) is 5.76 Å². The topological polar surface area (TPSA) is 76.2 Å². The van der Waals surface area contributed by atoms with Gasteiger partial charge in [-0.15, -0.1) is 5.10 Å². The van der Waals surface area contributed by atoms with Crippen LogP contribution < -0.4 is 5.32 Å². The van der Waals surface area contributed by atoms with Crippen molar-refractivity contribution in [2.24, 2.45) is 0 Å². The average molecular weight is 289 g/mol. The molecule has 3 rings (SSSR count). The molecule has 1 N–H and O–H groups in total. The number of rotatable bonds is 4. The predicted octanol–water partition coefficient (Wildman–Crippen LogP) is 1.07. The molecule has 3 heterocycles. The van der Waals surface area contributed by atoms with E-state index in [1.165, 1.54) is 0 Å². The lowest BCUT2D eigenvalue weighted by Crippen LogP contribution is -2.29. The predicted molar refractivity (Wildman–Crippen MR) is 75.7 cm³/mol. The molecule has 0 aliphatic carbocycles. The molecule has 0 unspecified atom stereocenters. The molecule has 112 valence electrons. The van der Waals surface area contributed by atoms with Crippen molar-refractivity contribution >= 4 is 5.91 Å². The first kappa shape index (κ1) is 13.8. The first-order chi connectivity index (χ1) is 10.2. The quantitative estimate of drug-likeness (QED) is 0.911. The van der Waals surface area contributed by atoms with Crippen molar-refractivity contribution in [3.63, 3.8) is 0 Å². The van der Waals surface area contributed by atoms with Crippen LogP contribution in [-0.2, 0) is 6.54 Å². The summed E-state index contributed by atoms with van der Waals surface area (Å²) in [6, 6.07) is 3.98. The highest BCUT2D eigenvalue weighted by Crippen LogP contribution is 2.17. The second-order valence-electron chi connectivity index (χ2n) is 5.31. The molecule has 1 aliphatic rings. The molecular formula is C14H19N5O2. The van der Waals surface area contributed by atoms with E-state index in [0.29, 0.717) is 18.3 Å². The molecule has 21 heavy (non-hydrogen) atoms. The summed E-state index contributed by atoms with van der Waals surface area (Å²) in [6.45, 7) is 2.38. The SMILES string of the molecule is CN(Cc1ccco1)C(=O)c1cn(C2CCNCC2)nn1. The minimum absolute atomic E-state index is 0.147. The Kier molecular flexibility index (Phi) is 4.01. The van der Waals surface area contributed by atoms with Gasteiger partial charge in [0.25, 0.3) is 5.91 Å². The fraction of sp³-hybridized carbons (Fsp3) is 0.500. The number of piperidine rings is 1. The lowest BCUT2D eigenvalue weighted by atomic mass is 10.1. The standard InChI is InChI=1S/C14H19N5O2/c1-18(9-12-3-2-8-21-12)14(20)13-10-19(17-16-13)11-4-6-15-7-5-11/h2-3,8,10-11,15H,4-7,9H2,1H3. The number of furan rings is 1. The van der Waals surface area contributed by atoms with E-state index in [-0.39, 0.29) is 5.91 Å². The summed E-state index contributed by atoms with van der Waals surface area (Å²) in [6.07, 6.45) is 5.37. The number of nitrogens with one attached hydrogen (secondary N) is 1. The Labute approximate surface area is 122 Å². The molecule has 0 spiro atoms. The van der Waals surface area contributed by atoms with Crippen molar-refractivity contribution in [2.75, 3.05) is 20.1 Å². The van der Waals surface area contributed by atoms with Crippen molar-refractivity contribution in [1.82, 2.24) is 25.2 Å². The molecule has 0 bridgehead atoms. The van der Waals surface area contributed by atoms with Crippen LogP contribution in [0.4, 0.5) is 0 Å². The molecule has 1 amide bonds. The summed E-state index contributed by atoms with van der Waals surface area (Å²) in [5, 5.41) is 11.4. The second-order valence-corrected chi connectivity index (χ2v) is 5.31. The molecule has 7 nitrogen and oxygen atoms in total.